The molecule has 5 aliphatic rings. The minimum Gasteiger partial charge on any atom is -0.404 e. The van der Waals surface area contributed by atoms with Crippen LogP contribution in [0.2, 0.25) is 0 Å². The van der Waals surface area contributed by atoms with Gasteiger partial charge in [-0.25, -0.2) is 4.98 Å². The third-order valence-electron chi connectivity index (χ3n) is 11.8. The lowest BCUT2D eigenvalue weighted by Gasteiger charge is -2.64. The number of morpholine rings is 1. The molecule has 3 amide bonds. The van der Waals surface area contributed by atoms with Crippen molar-refractivity contribution in [3.05, 3.63) is 59.3 Å². The first-order valence-corrected chi connectivity index (χ1v) is 19.0. The Morgan fingerprint density at radius 1 is 0.980 bits per heavy atom. The summed E-state index contributed by atoms with van der Waals surface area (Å²) >= 11 is 0. The van der Waals surface area contributed by atoms with Crippen LogP contribution < -0.4 is 20.9 Å². The van der Waals surface area contributed by atoms with Crippen LogP contribution in [-0.4, -0.2) is 86.4 Å². The molecule has 2 aliphatic heterocycles. The van der Waals surface area contributed by atoms with Crippen LogP contribution in [-0.2, 0) is 25.3 Å². The van der Waals surface area contributed by atoms with E-state index in [0.29, 0.717) is 42.6 Å². The first-order chi connectivity index (χ1) is 24.4. The maximum atomic E-state index is 14.2. The highest BCUT2D eigenvalue weighted by atomic mass is 16.7. The number of nitrogens with zero attached hydrogens (tertiary/aromatic N) is 2. The van der Waals surface area contributed by atoms with Crippen molar-refractivity contribution in [1.82, 2.24) is 20.9 Å². The van der Waals surface area contributed by atoms with Gasteiger partial charge in [0.25, 0.3) is 11.8 Å². The van der Waals surface area contributed by atoms with E-state index in [2.05, 4.69) is 67.4 Å². The number of hydrogen-bond acceptors (Lipinski definition) is 8. The van der Waals surface area contributed by atoms with Crippen molar-refractivity contribution in [2.24, 2.45) is 23.2 Å². The van der Waals surface area contributed by atoms with Gasteiger partial charge in [0, 0.05) is 31.4 Å². The van der Waals surface area contributed by atoms with Crippen LogP contribution in [0.3, 0.4) is 0 Å². The van der Waals surface area contributed by atoms with Crippen molar-refractivity contribution >= 4 is 30.7 Å². The fourth-order valence-electron chi connectivity index (χ4n) is 8.55. The van der Waals surface area contributed by atoms with Crippen molar-refractivity contribution in [2.75, 3.05) is 37.7 Å². The number of unbranched alkanes of at least 4 members (excludes halogenated alkanes) is 1. The molecule has 11 nitrogen and oxygen atoms in total. The maximum Gasteiger partial charge on any atom is 0.481 e. The van der Waals surface area contributed by atoms with Gasteiger partial charge in [0.2, 0.25) is 5.91 Å². The number of rotatable bonds is 14. The highest BCUT2D eigenvalue weighted by molar-refractivity contribution is 6.48. The second-order valence-electron chi connectivity index (χ2n) is 16.1. The molecule has 7 rings (SSSR count). The van der Waals surface area contributed by atoms with Crippen LogP contribution in [0.5, 0.6) is 0 Å². The Bertz CT molecular complexity index is 1530. The number of anilines is 1. The zero-order chi connectivity index (χ0) is 36.3. The number of nitrogens with one attached hydrogen (secondary N) is 3. The Labute approximate surface area is 303 Å². The van der Waals surface area contributed by atoms with Crippen LogP contribution >= 0.6 is 0 Å². The van der Waals surface area contributed by atoms with Gasteiger partial charge in [0.05, 0.1) is 36.4 Å². The fraction of sp³-hybridized carbons (Fsp3) is 0.641. The van der Waals surface area contributed by atoms with E-state index >= 15 is 0 Å². The summed E-state index contributed by atoms with van der Waals surface area (Å²) in [4.78, 5) is 47.6. The van der Waals surface area contributed by atoms with Crippen LogP contribution in [0.15, 0.2) is 42.6 Å². The lowest BCUT2D eigenvalue weighted by atomic mass is 9.43. The van der Waals surface area contributed by atoms with Gasteiger partial charge in [-0.1, -0.05) is 53.2 Å². The predicted octanol–water partition coefficient (Wildman–Crippen LogP) is 4.59. The van der Waals surface area contributed by atoms with E-state index in [0.717, 1.165) is 56.6 Å². The fourth-order valence-corrected chi connectivity index (χ4v) is 8.55. The number of aryl methyl sites for hydroxylation is 1. The van der Waals surface area contributed by atoms with Gasteiger partial charge in [-0.3, -0.25) is 14.4 Å². The van der Waals surface area contributed by atoms with Gasteiger partial charge in [-0.15, -0.1) is 0 Å². The van der Waals surface area contributed by atoms with Crippen LogP contribution in [0.25, 0.3) is 0 Å². The van der Waals surface area contributed by atoms with Crippen molar-refractivity contribution < 1.29 is 28.4 Å². The van der Waals surface area contributed by atoms with E-state index in [1.165, 1.54) is 6.20 Å². The second kappa shape index (κ2) is 15.6. The molecule has 0 spiro atoms. The average molecular weight is 702 g/mol. The Kier molecular flexibility index (Phi) is 11.4. The van der Waals surface area contributed by atoms with E-state index in [4.69, 9.17) is 14.0 Å². The van der Waals surface area contributed by atoms with Gasteiger partial charge in [-0.05, 0) is 92.0 Å². The zero-order valence-electron chi connectivity index (χ0n) is 31.2. The Hall–Kier alpha value is -3.48. The molecule has 2 aromatic rings. The van der Waals surface area contributed by atoms with Crippen molar-refractivity contribution in [3.63, 3.8) is 0 Å². The van der Waals surface area contributed by atoms with E-state index in [1.807, 2.05) is 18.2 Å². The second-order valence-corrected chi connectivity index (χ2v) is 16.1. The Morgan fingerprint density at radius 3 is 2.35 bits per heavy atom. The quantitative estimate of drug-likeness (QED) is 0.244. The molecule has 276 valence electrons. The first-order valence-electron chi connectivity index (χ1n) is 19.0. The average Bonchev–Trinajstić information content (AvgIpc) is 3.49. The molecule has 0 unspecified atom stereocenters. The topological polar surface area (TPSA) is 131 Å². The molecule has 3 N–H and O–H groups in total. The predicted molar refractivity (Wildman–Crippen MR) is 197 cm³/mol. The number of aromatic nitrogens is 1. The third kappa shape index (κ3) is 8.13. The molecular weight excluding hydrogens is 645 g/mol. The van der Waals surface area contributed by atoms with Crippen molar-refractivity contribution in [2.45, 2.75) is 104 Å². The lowest BCUT2D eigenvalue weighted by molar-refractivity contribution is -0.199. The van der Waals surface area contributed by atoms with Crippen molar-refractivity contribution in [1.29, 1.82) is 0 Å². The zero-order valence-corrected chi connectivity index (χ0v) is 31.2. The summed E-state index contributed by atoms with van der Waals surface area (Å²) in [6.07, 6.45) is 7.33. The highest BCUT2D eigenvalue weighted by Crippen LogP contribution is 2.65. The molecular formula is C39H56BN5O6. The summed E-state index contributed by atoms with van der Waals surface area (Å²) in [5.74, 6) is 0.395. The van der Waals surface area contributed by atoms with Crippen LogP contribution in [0.4, 0.5) is 5.82 Å². The standard InChI is InChI=1S/C39H56BN5O6/c1-7-8-9-26-10-12-27(13-11-26)36(47)43-30(24-42-35(46)28-14-15-34(41-23-28)45-16-18-49-19-17-45)37(48)44-33(20-25(2)3)40-50-32-22-29-21-31(38(29,4)5)39(32,6)51-40/h10-15,23,25,29-33H,7-9,16-22,24H2,1-6H3,(H,42,46)(H,43,47)(H,44,48)/t29-,30+,31-,32-,33+,39+/m1/s1. The molecule has 3 saturated carbocycles. The van der Waals surface area contributed by atoms with Gasteiger partial charge in [0.15, 0.2) is 0 Å². The largest absolute Gasteiger partial charge is 0.481 e. The Balaban J connectivity index is 1.16. The summed E-state index contributed by atoms with van der Waals surface area (Å²) in [5, 5.41) is 8.95. The number of benzene rings is 1. The number of amides is 3. The minimum absolute atomic E-state index is 0.0239. The van der Waals surface area contributed by atoms with Crippen LogP contribution in [0, 0.1) is 23.2 Å². The summed E-state index contributed by atoms with van der Waals surface area (Å²) in [6, 6.07) is 9.96. The summed E-state index contributed by atoms with van der Waals surface area (Å²) in [7, 11) is -0.612. The monoisotopic (exact) mass is 701 g/mol. The molecule has 5 fully saturated rings. The molecule has 3 aliphatic carbocycles. The van der Waals surface area contributed by atoms with Crippen molar-refractivity contribution in [3.8, 4) is 0 Å². The molecule has 1 aromatic carbocycles. The number of carbonyl (C=O) groups is 3. The molecule has 6 atom stereocenters. The smallest absolute Gasteiger partial charge is 0.404 e. The third-order valence-corrected chi connectivity index (χ3v) is 11.8. The van der Waals surface area contributed by atoms with E-state index in [-0.39, 0.29) is 29.9 Å². The number of hydrogen-bond donors (Lipinski definition) is 3. The molecule has 12 heteroatoms. The van der Waals surface area contributed by atoms with E-state index in [1.54, 1.807) is 18.2 Å². The molecule has 2 bridgehead atoms. The summed E-state index contributed by atoms with van der Waals surface area (Å²) in [5.41, 5.74) is 1.75. The van der Waals surface area contributed by atoms with Gasteiger partial charge in [0.1, 0.15) is 11.9 Å². The normalized spacial score (nSPS) is 26.1. The number of pyridine rings is 1. The SMILES string of the molecule is CCCCc1ccc(C(=O)N[C@@H](CNC(=O)c2ccc(N3CCOCC3)nc2)C(=O)N[C@@H](CC(C)C)B2O[C@@H]3C[C@H]4C[C@H](C4(C)C)[C@]3(C)O2)cc1. The molecule has 1 aromatic heterocycles. The first kappa shape index (κ1) is 37.3. The molecule has 2 saturated heterocycles. The lowest BCUT2D eigenvalue weighted by Crippen LogP contribution is -2.65. The number of ether oxygens (including phenoxy) is 1. The van der Waals surface area contributed by atoms with Crippen LogP contribution in [0.1, 0.15) is 99.9 Å². The summed E-state index contributed by atoms with van der Waals surface area (Å²) in [6.45, 7) is 15.8. The van der Waals surface area contributed by atoms with E-state index in [9.17, 15) is 14.4 Å². The molecule has 51 heavy (non-hydrogen) atoms. The Morgan fingerprint density at radius 2 is 1.71 bits per heavy atom. The molecule has 0 radical (unpaired) electrons. The van der Waals surface area contributed by atoms with Gasteiger partial charge < -0.3 is 34.9 Å². The maximum absolute atomic E-state index is 14.2. The number of carbonyl (C=O) groups excluding carboxylic acids is 3. The highest BCUT2D eigenvalue weighted by Gasteiger charge is 2.68. The minimum atomic E-state index is -1.05. The summed E-state index contributed by atoms with van der Waals surface area (Å²) < 4.78 is 18.8. The van der Waals surface area contributed by atoms with Gasteiger partial charge in [-0.2, -0.15) is 0 Å². The van der Waals surface area contributed by atoms with Gasteiger partial charge >= 0.3 is 7.12 Å². The van der Waals surface area contributed by atoms with E-state index < -0.39 is 36.5 Å². The molecule has 3 heterocycles.